The minimum absolute atomic E-state index is 0.451. The van der Waals surface area contributed by atoms with E-state index in [0.29, 0.717) is 5.78 Å². The molecule has 1 rings (SSSR count). The van der Waals surface area contributed by atoms with Crippen molar-refractivity contribution in [2.45, 2.75) is 32.6 Å². The van der Waals surface area contributed by atoms with E-state index in [1.165, 1.54) is 12.8 Å². The predicted molar refractivity (Wildman–Crippen MR) is 48.3 cm³/mol. The molecule has 0 aromatic carbocycles. The van der Waals surface area contributed by atoms with Crippen LogP contribution in [0.1, 0.15) is 32.6 Å². The van der Waals surface area contributed by atoms with Gasteiger partial charge in [0.15, 0.2) is 0 Å². The summed E-state index contributed by atoms with van der Waals surface area (Å²) in [6.07, 6.45) is 10.4. The van der Waals surface area contributed by atoms with E-state index in [-0.39, 0.29) is 0 Å². The minimum atomic E-state index is 0.451. The summed E-state index contributed by atoms with van der Waals surface area (Å²) in [6, 6.07) is 0. The molecule has 0 spiro atoms. The average molecular weight is 151 g/mol. The second-order valence-corrected chi connectivity index (χ2v) is 2.86. The van der Waals surface area contributed by atoms with E-state index in [2.05, 4.69) is 6.08 Å². The first-order valence-electron chi connectivity index (χ1n) is 4.22. The zero-order chi connectivity index (χ0) is 8.10. The number of hydrogen-bond donors (Lipinski definition) is 0. The number of allylic oxidation sites excluding steroid dienone is 4. The number of carbonyl (C=O) groups excluding carboxylic acids is 1. The standard InChI is InChI=1S/C10H14O/c1-2-6-10(11)9-7-4-3-5-8-9/h2,6-7H,3-5,8H2,1H3/p+1/b6-2+. The monoisotopic (exact) mass is 151 g/mol. The van der Waals surface area contributed by atoms with Gasteiger partial charge in [-0.2, -0.15) is 0 Å². The van der Waals surface area contributed by atoms with Gasteiger partial charge in [-0.25, -0.2) is 0 Å². The summed E-state index contributed by atoms with van der Waals surface area (Å²) < 4.78 is 0. The largest absolute Gasteiger partial charge is 0.342 e. The first-order valence-corrected chi connectivity index (χ1v) is 4.22. The molecule has 1 aliphatic rings. The summed E-state index contributed by atoms with van der Waals surface area (Å²) >= 11 is 0. The normalized spacial score (nSPS) is 18.5. The first kappa shape index (κ1) is 8.25. The lowest BCUT2D eigenvalue weighted by atomic mass is 9.96. The zero-order valence-electron chi connectivity index (χ0n) is 7.01. The Morgan fingerprint density at radius 1 is 1.55 bits per heavy atom. The molecule has 0 aromatic heterocycles. The molecule has 1 nitrogen and oxygen atoms in total. The average Bonchev–Trinajstić information content (AvgIpc) is 2.07. The molecular formula is C10H15O+. The van der Waals surface area contributed by atoms with Crippen LogP contribution in [0.4, 0.5) is 0 Å². The van der Waals surface area contributed by atoms with Crippen molar-refractivity contribution in [3.05, 3.63) is 23.8 Å². The molecule has 1 heteroatoms. The Labute approximate surface area is 67.8 Å². The summed E-state index contributed by atoms with van der Waals surface area (Å²) in [5, 5.41) is 0. The van der Waals surface area contributed by atoms with Crippen molar-refractivity contribution >= 4 is 5.78 Å². The molecule has 0 aromatic rings. The van der Waals surface area contributed by atoms with Gasteiger partial charge in [0.05, 0.1) is 5.57 Å². The lowest BCUT2D eigenvalue weighted by Crippen LogP contribution is -2.02. The Kier molecular flexibility index (Phi) is 3.09. The fraction of sp³-hybridized carbons (Fsp3) is 0.500. The van der Waals surface area contributed by atoms with Gasteiger partial charge in [0, 0.05) is 6.08 Å². The van der Waals surface area contributed by atoms with Crippen LogP contribution in [0.5, 0.6) is 0 Å². The summed E-state index contributed by atoms with van der Waals surface area (Å²) in [5.41, 5.74) is 1.12. The maximum absolute atomic E-state index is 9.44. The van der Waals surface area contributed by atoms with Crippen LogP contribution in [-0.4, -0.2) is 10.6 Å². The highest BCUT2D eigenvalue weighted by atomic mass is 16.1. The molecule has 1 N–H and O–H groups in total. The van der Waals surface area contributed by atoms with Crippen molar-refractivity contribution in [1.82, 2.24) is 0 Å². The molecule has 0 bridgehead atoms. The molecule has 0 saturated carbocycles. The second-order valence-electron chi connectivity index (χ2n) is 2.86. The van der Waals surface area contributed by atoms with Crippen LogP contribution >= 0.6 is 0 Å². The smallest absolute Gasteiger partial charge is 0.274 e. The third kappa shape index (κ3) is 2.34. The van der Waals surface area contributed by atoms with E-state index < -0.39 is 0 Å². The molecule has 60 valence electrons. The van der Waals surface area contributed by atoms with Gasteiger partial charge in [-0.3, -0.25) is 4.79 Å². The van der Waals surface area contributed by atoms with Crippen LogP contribution in [0, 0.1) is 0 Å². The van der Waals surface area contributed by atoms with Gasteiger partial charge in [0.1, 0.15) is 0 Å². The highest BCUT2D eigenvalue weighted by Crippen LogP contribution is 2.17. The van der Waals surface area contributed by atoms with Gasteiger partial charge in [-0.1, -0.05) is 12.2 Å². The highest BCUT2D eigenvalue weighted by molar-refractivity contribution is 6.04. The molecule has 11 heavy (non-hydrogen) atoms. The predicted octanol–water partition coefficient (Wildman–Crippen LogP) is 2.61. The van der Waals surface area contributed by atoms with Crippen molar-refractivity contribution < 1.29 is 4.79 Å². The number of rotatable bonds is 2. The van der Waals surface area contributed by atoms with Crippen LogP contribution < -0.4 is 0 Å². The first-order chi connectivity index (χ1) is 5.34. The number of ketones is 1. The van der Waals surface area contributed by atoms with Crippen molar-refractivity contribution in [3.63, 3.8) is 0 Å². The van der Waals surface area contributed by atoms with Crippen LogP contribution in [-0.2, 0) is 0 Å². The van der Waals surface area contributed by atoms with Crippen LogP contribution in [0.25, 0.3) is 0 Å². The van der Waals surface area contributed by atoms with Gasteiger partial charge < -0.3 is 0 Å². The quantitative estimate of drug-likeness (QED) is 0.427. The van der Waals surface area contributed by atoms with Gasteiger partial charge in [-0.15, -0.1) is 0 Å². The van der Waals surface area contributed by atoms with E-state index in [1.807, 2.05) is 13.0 Å². The van der Waals surface area contributed by atoms with Crippen molar-refractivity contribution in [3.8, 4) is 0 Å². The Bertz CT molecular complexity index is 199. The Hall–Kier alpha value is -0.850. The van der Waals surface area contributed by atoms with Gasteiger partial charge >= 0.3 is 5.78 Å². The number of hydrogen-bond acceptors (Lipinski definition) is 0. The Morgan fingerprint density at radius 2 is 2.36 bits per heavy atom. The van der Waals surface area contributed by atoms with Crippen LogP contribution in [0.2, 0.25) is 0 Å². The molecule has 1 aliphatic carbocycles. The van der Waals surface area contributed by atoms with E-state index in [9.17, 15) is 4.79 Å². The lowest BCUT2D eigenvalue weighted by molar-refractivity contribution is 0.658. The molecule has 0 saturated heterocycles. The van der Waals surface area contributed by atoms with E-state index in [1.54, 1.807) is 6.08 Å². The van der Waals surface area contributed by atoms with E-state index >= 15 is 0 Å². The molecule has 0 amide bonds. The third-order valence-electron chi connectivity index (χ3n) is 1.94. The van der Waals surface area contributed by atoms with E-state index in [0.717, 1.165) is 18.4 Å². The summed E-state index contributed by atoms with van der Waals surface area (Å²) in [7, 11) is 0. The maximum atomic E-state index is 9.44. The Morgan fingerprint density at radius 3 is 2.91 bits per heavy atom. The molecule has 0 aliphatic heterocycles. The zero-order valence-corrected chi connectivity index (χ0v) is 7.01. The van der Waals surface area contributed by atoms with Gasteiger partial charge in [0.25, 0.3) is 0 Å². The summed E-state index contributed by atoms with van der Waals surface area (Å²) in [6.45, 7) is 1.92. The molecule has 0 heterocycles. The lowest BCUT2D eigenvalue weighted by Gasteiger charge is -2.05. The summed E-state index contributed by atoms with van der Waals surface area (Å²) in [4.78, 5) is 9.44. The van der Waals surface area contributed by atoms with E-state index in [4.69, 9.17) is 0 Å². The molecular weight excluding hydrogens is 136 g/mol. The molecule has 0 unspecified atom stereocenters. The topological polar surface area (TPSA) is 21.4 Å². The molecule has 0 radical (unpaired) electrons. The highest BCUT2D eigenvalue weighted by Gasteiger charge is 2.13. The van der Waals surface area contributed by atoms with Crippen LogP contribution in [0.3, 0.4) is 0 Å². The fourth-order valence-corrected chi connectivity index (χ4v) is 1.34. The van der Waals surface area contributed by atoms with Gasteiger partial charge in [-0.05, 0) is 32.6 Å². The molecule has 0 fully saturated rings. The minimum Gasteiger partial charge on any atom is -0.274 e. The maximum Gasteiger partial charge on any atom is 0.342 e. The third-order valence-corrected chi connectivity index (χ3v) is 1.94. The second kappa shape index (κ2) is 4.12. The Balaban J connectivity index is 2.58. The van der Waals surface area contributed by atoms with Crippen molar-refractivity contribution in [2.75, 3.05) is 0 Å². The van der Waals surface area contributed by atoms with Gasteiger partial charge in [0.2, 0.25) is 0 Å². The molecule has 0 atom stereocenters. The summed E-state index contributed by atoms with van der Waals surface area (Å²) in [5.74, 6) is 0.451. The van der Waals surface area contributed by atoms with Crippen molar-refractivity contribution in [1.29, 1.82) is 0 Å². The SMILES string of the molecule is C/C=C/C(=[OH+])C1=CCCCC1. The van der Waals surface area contributed by atoms with Crippen molar-refractivity contribution in [2.24, 2.45) is 0 Å². The fourth-order valence-electron chi connectivity index (χ4n) is 1.34. The van der Waals surface area contributed by atoms with Crippen LogP contribution in [0.15, 0.2) is 23.8 Å².